The zero-order valence-corrected chi connectivity index (χ0v) is 11.1. The minimum Gasteiger partial charge on any atom is -0.368 e. The van der Waals surface area contributed by atoms with Gasteiger partial charge in [0.25, 0.3) is 0 Å². The number of nitrogens with zero attached hydrogens (tertiary/aromatic N) is 3. The fourth-order valence-corrected chi connectivity index (χ4v) is 2.18. The summed E-state index contributed by atoms with van der Waals surface area (Å²) in [5.74, 6) is -0.132. The van der Waals surface area contributed by atoms with Gasteiger partial charge in [0.2, 0.25) is 5.95 Å². The Bertz CT molecular complexity index is 791. The van der Waals surface area contributed by atoms with Crippen LogP contribution in [0.15, 0.2) is 36.4 Å². The Hall–Kier alpha value is -2.27. The van der Waals surface area contributed by atoms with Crippen molar-refractivity contribution in [3.8, 4) is 0 Å². The summed E-state index contributed by atoms with van der Waals surface area (Å²) in [4.78, 5) is 12.5. The minimum atomic E-state index is -0.292. The van der Waals surface area contributed by atoms with Gasteiger partial charge in [0.1, 0.15) is 16.5 Å². The summed E-state index contributed by atoms with van der Waals surface area (Å²) in [6.07, 6.45) is 0.411. The molecule has 3 aromatic rings. The molecule has 0 atom stereocenters. The standard InChI is InChI=1S/C14H10ClFN4/c15-12-5-4-10-13(20-12)11(19-14(17)18-10)7-8-2-1-3-9(16)6-8/h1-6H,7H2,(H2,17,18,19). The van der Waals surface area contributed by atoms with Crippen LogP contribution in [0.3, 0.4) is 0 Å². The number of rotatable bonds is 2. The van der Waals surface area contributed by atoms with Crippen molar-refractivity contribution in [2.45, 2.75) is 6.42 Å². The zero-order chi connectivity index (χ0) is 14.1. The largest absolute Gasteiger partial charge is 0.368 e. The number of hydrogen-bond donors (Lipinski definition) is 1. The first-order valence-electron chi connectivity index (χ1n) is 5.95. The molecule has 2 aromatic heterocycles. The van der Waals surface area contributed by atoms with Gasteiger partial charge in [-0.1, -0.05) is 23.7 Å². The van der Waals surface area contributed by atoms with Crippen molar-refractivity contribution in [2.75, 3.05) is 5.73 Å². The second kappa shape index (κ2) is 5.02. The van der Waals surface area contributed by atoms with Crippen LogP contribution in [0.2, 0.25) is 5.15 Å². The van der Waals surface area contributed by atoms with Crippen molar-refractivity contribution in [3.63, 3.8) is 0 Å². The molecule has 0 aliphatic carbocycles. The van der Waals surface area contributed by atoms with Crippen LogP contribution in [-0.2, 0) is 6.42 Å². The lowest BCUT2D eigenvalue weighted by Crippen LogP contribution is -2.03. The summed E-state index contributed by atoms with van der Waals surface area (Å²) in [6.45, 7) is 0. The van der Waals surface area contributed by atoms with E-state index in [2.05, 4.69) is 15.0 Å². The Kier molecular flexibility index (Phi) is 3.20. The summed E-state index contributed by atoms with van der Waals surface area (Å²) >= 11 is 5.90. The highest BCUT2D eigenvalue weighted by Gasteiger charge is 2.09. The maximum Gasteiger partial charge on any atom is 0.220 e. The molecular formula is C14H10ClFN4. The molecule has 0 radical (unpaired) electrons. The maximum absolute atomic E-state index is 13.2. The molecule has 0 aliphatic rings. The van der Waals surface area contributed by atoms with Gasteiger partial charge in [-0.25, -0.2) is 19.3 Å². The van der Waals surface area contributed by atoms with Crippen LogP contribution in [0.1, 0.15) is 11.3 Å². The molecular weight excluding hydrogens is 279 g/mol. The van der Waals surface area contributed by atoms with Crippen molar-refractivity contribution in [1.29, 1.82) is 0 Å². The lowest BCUT2D eigenvalue weighted by atomic mass is 10.1. The van der Waals surface area contributed by atoms with Crippen LogP contribution in [-0.4, -0.2) is 15.0 Å². The quantitative estimate of drug-likeness (QED) is 0.736. The fourth-order valence-electron chi connectivity index (χ4n) is 2.03. The van der Waals surface area contributed by atoms with Gasteiger partial charge in [-0.05, 0) is 29.8 Å². The first kappa shape index (κ1) is 12.7. The van der Waals surface area contributed by atoms with Gasteiger partial charge in [-0.3, -0.25) is 0 Å². The molecule has 2 heterocycles. The van der Waals surface area contributed by atoms with Crippen molar-refractivity contribution < 1.29 is 4.39 Å². The second-order valence-electron chi connectivity index (χ2n) is 4.34. The van der Waals surface area contributed by atoms with Crippen LogP contribution < -0.4 is 5.73 Å². The normalized spacial score (nSPS) is 10.9. The van der Waals surface area contributed by atoms with E-state index >= 15 is 0 Å². The minimum absolute atomic E-state index is 0.160. The summed E-state index contributed by atoms with van der Waals surface area (Å²) < 4.78 is 13.2. The van der Waals surface area contributed by atoms with E-state index in [-0.39, 0.29) is 11.8 Å². The van der Waals surface area contributed by atoms with Crippen LogP contribution in [0.4, 0.5) is 10.3 Å². The number of hydrogen-bond acceptors (Lipinski definition) is 4. The van der Waals surface area contributed by atoms with Gasteiger partial charge < -0.3 is 5.73 Å². The van der Waals surface area contributed by atoms with Crippen LogP contribution in [0, 0.1) is 5.82 Å². The number of nitrogen functional groups attached to an aromatic ring is 1. The SMILES string of the molecule is Nc1nc(Cc2cccc(F)c2)c2nc(Cl)ccc2n1. The van der Waals surface area contributed by atoms with E-state index in [1.54, 1.807) is 18.2 Å². The molecule has 0 amide bonds. The van der Waals surface area contributed by atoms with E-state index in [1.165, 1.54) is 12.1 Å². The molecule has 0 spiro atoms. The van der Waals surface area contributed by atoms with Crippen LogP contribution in [0.5, 0.6) is 0 Å². The van der Waals surface area contributed by atoms with Crippen LogP contribution in [0.25, 0.3) is 11.0 Å². The number of pyridine rings is 1. The molecule has 4 nitrogen and oxygen atoms in total. The molecule has 3 rings (SSSR count). The van der Waals surface area contributed by atoms with Gasteiger partial charge in [0.05, 0.1) is 11.2 Å². The highest BCUT2D eigenvalue weighted by Crippen LogP contribution is 2.20. The third-order valence-corrected chi connectivity index (χ3v) is 3.07. The van der Waals surface area contributed by atoms with Crippen molar-refractivity contribution >= 4 is 28.6 Å². The number of aromatic nitrogens is 3. The molecule has 0 unspecified atom stereocenters. The number of benzene rings is 1. The molecule has 1 aromatic carbocycles. The summed E-state index contributed by atoms with van der Waals surface area (Å²) in [5.41, 5.74) is 8.30. The van der Waals surface area contributed by atoms with Gasteiger partial charge in [-0.15, -0.1) is 0 Å². The Labute approximate surface area is 119 Å². The highest BCUT2D eigenvalue weighted by atomic mass is 35.5. The Morgan fingerprint density at radius 2 is 1.95 bits per heavy atom. The first-order chi connectivity index (χ1) is 9.61. The molecule has 0 fully saturated rings. The zero-order valence-electron chi connectivity index (χ0n) is 10.3. The molecule has 20 heavy (non-hydrogen) atoms. The third kappa shape index (κ3) is 2.53. The van der Waals surface area contributed by atoms with E-state index in [4.69, 9.17) is 17.3 Å². The third-order valence-electron chi connectivity index (χ3n) is 2.86. The topological polar surface area (TPSA) is 64.7 Å². The smallest absolute Gasteiger partial charge is 0.220 e. The average Bonchev–Trinajstić information content (AvgIpc) is 2.39. The maximum atomic E-state index is 13.2. The lowest BCUT2D eigenvalue weighted by Gasteiger charge is -2.06. The molecule has 100 valence electrons. The van der Waals surface area contributed by atoms with Crippen LogP contribution >= 0.6 is 11.6 Å². The molecule has 0 bridgehead atoms. The van der Waals surface area contributed by atoms with Gasteiger partial charge in [-0.2, -0.15) is 0 Å². The molecule has 0 saturated carbocycles. The number of halogens is 2. The van der Waals surface area contributed by atoms with Crippen molar-refractivity contribution in [2.24, 2.45) is 0 Å². The number of anilines is 1. The lowest BCUT2D eigenvalue weighted by molar-refractivity contribution is 0.626. The Balaban J connectivity index is 2.12. The van der Waals surface area contributed by atoms with Crippen molar-refractivity contribution in [1.82, 2.24) is 15.0 Å². The number of nitrogens with two attached hydrogens (primary N) is 1. The molecule has 0 saturated heterocycles. The molecule has 6 heteroatoms. The predicted molar refractivity (Wildman–Crippen MR) is 76.0 cm³/mol. The first-order valence-corrected chi connectivity index (χ1v) is 6.33. The van der Waals surface area contributed by atoms with E-state index in [9.17, 15) is 4.39 Å². The van der Waals surface area contributed by atoms with E-state index in [0.717, 1.165) is 5.56 Å². The second-order valence-corrected chi connectivity index (χ2v) is 4.72. The van der Waals surface area contributed by atoms with Gasteiger partial charge in [0.15, 0.2) is 0 Å². The van der Waals surface area contributed by atoms with E-state index in [0.29, 0.717) is 28.3 Å². The van der Waals surface area contributed by atoms with E-state index < -0.39 is 0 Å². The number of fused-ring (bicyclic) bond motifs is 1. The monoisotopic (exact) mass is 288 g/mol. The van der Waals surface area contributed by atoms with Crippen molar-refractivity contribution in [3.05, 3.63) is 58.6 Å². The summed E-state index contributed by atoms with van der Waals surface area (Å²) in [7, 11) is 0. The summed E-state index contributed by atoms with van der Waals surface area (Å²) in [5, 5.41) is 0.353. The molecule has 2 N–H and O–H groups in total. The fraction of sp³-hybridized carbons (Fsp3) is 0.0714. The Morgan fingerprint density at radius 1 is 1.10 bits per heavy atom. The van der Waals surface area contributed by atoms with E-state index in [1.807, 2.05) is 6.07 Å². The predicted octanol–water partition coefficient (Wildman–Crippen LogP) is 2.99. The molecule has 0 aliphatic heterocycles. The summed E-state index contributed by atoms with van der Waals surface area (Å²) in [6, 6.07) is 9.69. The average molecular weight is 289 g/mol. The Morgan fingerprint density at radius 3 is 2.75 bits per heavy atom. The highest BCUT2D eigenvalue weighted by molar-refractivity contribution is 6.29. The van der Waals surface area contributed by atoms with Gasteiger partial charge >= 0.3 is 0 Å². The van der Waals surface area contributed by atoms with Gasteiger partial charge in [0, 0.05) is 6.42 Å².